The van der Waals surface area contributed by atoms with E-state index in [1.54, 1.807) is 17.0 Å². The molecular formula is C31H40FN4O3+. The fourth-order valence-corrected chi connectivity index (χ4v) is 5.34. The molecular weight excluding hydrogens is 495 g/mol. The highest BCUT2D eigenvalue weighted by atomic mass is 19.1. The van der Waals surface area contributed by atoms with Crippen molar-refractivity contribution in [2.24, 2.45) is 17.8 Å². The van der Waals surface area contributed by atoms with Gasteiger partial charge in [-0.15, -0.1) is 0 Å². The molecule has 208 valence electrons. The topological polar surface area (TPSA) is 81.5 Å². The molecule has 4 rings (SSSR count). The molecule has 0 saturated carbocycles. The molecule has 3 heterocycles. The second kappa shape index (κ2) is 12.1. The molecule has 8 heteroatoms. The number of benzene rings is 1. The minimum absolute atomic E-state index is 0.00641. The lowest BCUT2D eigenvalue weighted by atomic mass is 9.95. The highest BCUT2D eigenvalue weighted by Crippen LogP contribution is 2.33. The molecule has 3 aliphatic rings. The van der Waals surface area contributed by atoms with E-state index >= 15 is 0 Å². The van der Waals surface area contributed by atoms with Crippen molar-refractivity contribution in [3.63, 3.8) is 0 Å². The quantitative estimate of drug-likeness (QED) is 0.471. The Labute approximate surface area is 230 Å². The highest BCUT2D eigenvalue weighted by molar-refractivity contribution is 6.08. The van der Waals surface area contributed by atoms with Gasteiger partial charge in [0.2, 0.25) is 23.2 Å². The Morgan fingerprint density at radius 2 is 1.90 bits per heavy atom. The number of hydrogen-bond donors (Lipinski definition) is 2. The number of carbonyl (C=O) groups is 3. The molecule has 0 aromatic heterocycles. The van der Waals surface area contributed by atoms with E-state index in [0.717, 1.165) is 17.0 Å². The largest absolute Gasteiger partial charge is 0.350 e. The van der Waals surface area contributed by atoms with Crippen LogP contribution in [0.1, 0.15) is 59.4 Å². The fraction of sp³-hybridized carbons (Fsp3) is 0.484. The van der Waals surface area contributed by atoms with Crippen molar-refractivity contribution in [2.45, 2.75) is 59.9 Å². The van der Waals surface area contributed by atoms with E-state index in [1.807, 2.05) is 27.0 Å². The van der Waals surface area contributed by atoms with Crippen molar-refractivity contribution in [3.8, 4) is 0 Å². The van der Waals surface area contributed by atoms with Crippen molar-refractivity contribution < 1.29 is 23.3 Å². The number of amides is 3. The second-order valence-corrected chi connectivity index (χ2v) is 11.4. The van der Waals surface area contributed by atoms with E-state index < -0.39 is 6.04 Å². The van der Waals surface area contributed by atoms with E-state index in [1.165, 1.54) is 17.7 Å². The second-order valence-electron chi connectivity index (χ2n) is 11.4. The van der Waals surface area contributed by atoms with Gasteiger partial charge in [-0.2, -0.15) is 4.58 Å². The molecule has 3 amide bonds. The lowest BCUT2D eigenvalue weighted by molar-refractivity contribution is -0.392. The van der Waals surface area contributed by atoms with E-state index in [4.69, 9.17) is 0 Å². The first-order valence-corrected chi connectivity index (χ1v) is 14.0. The van der Waals surface area contributed by atoms with Gasteiger partial charge in [-0.05, 0) is 60.9 Å². The van der Waals surface area contributed by atoms with E-state index in [-0.39, 0.29) is 41.3 Å². The zero-order valence-electron chi connectivity index (χ0n) is 23.6. The first kappa shape index (κ1) is 28.5. The van der Waals surface area contributed by atoms with Crippen LogP contribution in [-0.2, 0) is 14.4 Å². The minimum atomic E-state index is -0.487. The van der Waals surface area contributed by atoms with Gasteiger partial charge in [0.25, 0.3) is 5.91 Å². The number of hydrogen-bond acceptors (Lipinski definition) is 3. The molecule has 39 heavy (non-hydrogen) atoms. The summed E-state index contributed by atoms with van der Waals surface area (Å²) in [6.07, 6.45) is 7.81. The molecule has 0 bridgehead atoms. The zero-order valence-corrected chi connectivity index (χ0v) is 23.6. The van der Waals surface area contributed by atoms with Crippen LogP contribution in [0.3, 0.4) is 0 Å². The smallest absolute Gasteiger partial charge is 0.253 e. The maximum absolute atomic E-state index is 13.6. The Morgan fingerprint density at radius 1 is 1.18 bits per heavy atom. The van der Waals surface area contributed by atoms with Gasteiger partial charge in [0.15, 0.2) is 6.20 Å². The monoisotopic (exact) mass is 535 g/mol. The number of rotatable bonds is 9. The lowest BCUT2D eigenvalue weighted by Gasteiger charge is -2.27. The summed E-state index contributed by atoms with van der Waals surface area (Å²) in [6.45, 7) is 11.6. The standard InChI is InChI=1S/C31H39FN4O3/c1-19(2)17-35(31(39)26-11-13-29(37)34-26)15-14-33-30(38)25-18-36-27(12-6-21(25)5)24(20(3)4)16-28(36)22-7-9-23(32)10-8-22/h7-10,12,16,18-21,26H,6,11,13-15,17H2,1-5H3,(H-,33,34,37,38)/p+1. The maximum Gasteiger partial charge on any atom is 0.253 e. The van der Waals surface area contributed by atoms with Gasteiger partial charge in [0.1, 0.15) is 11.9 Å². The van der Waals surface area contributed by atoms with Crippen molar-refractivity contribution in [1.82, 2.24) is 15.5 Å². The Balaban J connectivity index is 1.53. The third-order valence-corrected chi connectivity index (χ3v) is 7.45. The van der Waals surface area contributed by atoms with Gasteiger partial charge in [-0.25, -0.2) is 4.39 Å². The van der Waals surface area contributed by atoms with Crippen LogP contribution < -0.4 is 10.6 Å². The molecule has 1 saturated heterocycles. The number of halogens is 1. The number of carbonyl (C=O) groups excluding carboxylic acids is 3. The third-order valence-electron chi connectivity index (χ3n) is 7.45. The number of fused-ring (bicyclic) bond motifs is 1. The molecule has 0 radical (unpaired) electrons. The molecule has 1 fully saturated rings. The van der Waals surface area contributed by atoms with Gasteiger partial charge < -0.3 is 15.5 Å². The van der Waals surface area contributed by atoms with Crippen LogP contribution in [0, 0.1) is 23.6 Å². The molecule has 2 atom stereocenters. The van der Waals surface area contributed by atoms with E-state index in [9.17, 15) is 18.8 Å². The maximum atomic E-state index is 13.6. The first-order chi connectivity index (χ1) is 18.5. The van der Waals surface area contributed by atoms with Crippen LogP contribution in [0.5, 0.6) is 0 Å². The molecule has 1 aromatic rings. The third kappa shape index (κ3) is 6.54. The highest BCUT2D eigenvalue weighted by Gasteiger charge is 2.36. The number of nitrogens with one attached hydrogen (secondary N) is 2. The van der Waals surface area contributed by atoms with Crippen LogP contribution >= 0.6 is 0 Å². The average molecular weight is 536 g/mol. The SMILES string of the molecule is CC(C)CN(CCNC(=O)C1=C[N+]2=C(c3ccc(F)cc3)C=C(C(C)C)C2=CCC1C)C(=O)C1CCC(=O)N1. The molecule has 7 nitrogen and oxygen atoms in total. The molecule has 0 spiro atoms. The van der Waals surface area contributed by atoms with E-state index in [2.05, 4.69) is 41.2 Å². The number of allylic oxidation sites excluding steroid dienone is 3. The normalized spacial score (nSPS) is 20.8. The predicted octanol–water partition coefficient (Wildman–Crippen LogP) is 3.91. The number of nitrogens with zero attached hydrogens (tertiary/aromatic N) is 2. The van der Waals surface area contributed by atoms with Crippen molar-refractivity contribution in [2.75, 3.05) is 19.6 Å². The summed E-state index contributed by atoms with van der Waals surface area (Å²) in [6, 6.07) is 5.94. The summed E-state index contributed by atoms with van der Waals surface area (Å²) < 4.78 is 15.7. The van der Waals surface area contributed by atoms with Crippen molar-refractivity contribution in [1.29, 1.82) is 0 Å². The fourth-order valence-electron chi connectivity index (χ4n) is 5.34. The predicted molar refractivity (Wildman–Crippen MR) is 149 cm³/mol. The Morgan fingerprint density at radius 3 is 2.51 bits per heavy atom. The van der Waals surface area contributed by atoms with Crippen LogP contribution in [0.25, 0.3) is 0 Å². The van der Waals surface area contributed by atoms with Crippen molar-refractivity contribution >= 4 is 23.4 Å². The van der Waals surface area contributed by atoms with Gasteiger partial charge in [0, 0.05) is 43.3 Å². The van der Waals surface area contributed by atoms with E-state index in [0.29, 0.717) is 44.5 Å². The van der Waals surface area contributed by atoms with Crippen LogP contribution in [0.2, 0.25) is 0 Å². The molecule has 2 unspecified atom stereocenters. The summed E-state index contributed by atoms with van der Waals surface area (Å²) >= 11 is 0. The average Bonchev–Trinajstić information content (AvgIpc) is 3.43. The minimum Gasteiger partial charge on any atom is -0.350 e. The lowest BCUT2D eigenvalue weighted by Crippen LogP contribution is -2.48. The van der Waals surface area contributed by atoms with Gasteiger partial charge in [0.05, 0.1) is 5.57 Å². The van der Waals surface area contributed by atoms with Crippen molar-refractivity contribution in [3.05, 3.63) is 70.8 Å². The zero-order chi connectivity index (χ0) is 28.3. The Hall–Kier alpha value is -3.55. The Bertz CT molecular complexity index is 1260. The van der Waals surface area contributed by atoms with Crippen LogP contribution in [0.15, 0.2) is 59.5 Å². The summed E-state index contributed by atoms with van der Waals surface area (Å²) in [4.78, 5) is 39.9. The first-order valence-electron chi connectivity index (χ1n) is 14.0. The summed E-state index contributed by atoms with van der Waals surface area (Å²) in [7, 11) is 0. The van der Waals surface area contributed by atoms with Gasteiger partial charge >= 0.3 is 0 Å². The summed E-state index contributed by atoms with van der Waals surface area (Å²) in [5.74, 6) is -0.113. The van der Waals surface area contributed by atoms with Crippen LogP contribution in [0.4, 0.5) is 4.39 Å². The molecule has 2 N–H and O–H groups in total. The van der Waals surface area contributed by atoms with Gasteiger partial charge in [-0.1, -0.05) is 34.6 Å². The van der Waals surface area contributed by atoms with Crippen LogP contribution in [-0.4, -0.2) is 58.6 Å². The molecule has 0 aliphatic carbocycles. The Kier molecular flexibility index (Phi) is 8.83. The molecule has 3 aliphatic heterocycles. The molecule has 1 aromatic carbocycles. The summed E-state index contributed by atoms with van der Waals surface area (Å²) in [5, 5.41) is 5.79. The van der Waals surface area contributed by atoms with Gasteiger partial charge in [-0.3, -0.25) is 14.4 Å². The summed E-state index contributed by atoms with van der Waals surface area (Å²) in [5.41, 5.74) is 4.69.